The Labute approximate surface area is 74.0 Å². The van der Waals surface area contributed by atoms with E-state index in [-0.39, 0.29) is 24.7 Å². The Morgan fingerprint density at radius 2 is 2.17 bits per heavy atom. The molecule has 0 unspecified atom stereocenters. The van der Waals surface area contributed by atoms with Crippen LogP contribution in [0.5, 0.6) is 0 Å². The molecule has 12 heavy (non-hydrogen) atoms. The van der Waals surface area contributed by atoms with Crippen LogP contribution in [0.1, 0.15) is 0 Å². The second kappa shape index (κ2) is 5.36. The summed E-state index contributed by atoms with van der Waals surface area (Å²) in [5.74, 6) is -0.254. The maximum atomic E-state index is 10.5. The average molecular weight is 214 g/mol. The fourth-order valence-electron chi connectivity index (χ4n) is 0.410. The lowest BCUT2D eigenvalue weighted by molar-refractivity contribution is -0.119. The number of nitrogens with one attached hydrogen (secondary N) is 1. The highest BCUT2D eigenvalue weighted by atomic mass is 33.1. The summed E-state index contributed by atoms with van der Waals surface area (Å²) in [5, 5.41) is 2.34. The predicted octanol–water partition coefficient (Wildman–Crippen LogP) is -1.40. The third-order valence-electron chi connectivity index (χ3n) is 0.842. The Hall–Kier alpha value is -0.310. The maximum absolute atomic E-state index is 10.5. The van der Waals surface area contributed by atoms with Crippen LogP contribution in [0.2, 0.25) is 0 Å². The van der Waals surface area contributed by atoms with Crippen molar-refractivity contribution >= 4 is 25.9 Å². The van der Waals surface area contributed by atoms with Gasteiger partial charge in [-0.2, -0.15) is 8.42 Å². The molecular weight excluding hydrogens is 204 g/mol. The minimum Gasteiger partial charge on any atom is -0.354 e. The molecule has 0 atom stereocenters. The number of amides is 1. The number of hydrogen-bond donors (Lipinski definition) is 3. The maximum Gasteiger partial charge on any atom is 0.319 e. The molecule has 0 spiro atoms. The van der Waals surface area contributed by atoms with Gasteiger partial charge in [-0.25, -0.2) is 0 Å². The lowest BCUT2D eigenvalue weighted by Crippen LogP contribution is -2.31. The number of rotatable bonds is 5. The van der Waals surface area contributed by atoms with Crippen LogP contribution in [0.25, 0.3) is 0 Å². The second-order valence-corrected chi connectivity index (χ2v) is 5.27. The van der Waals surface area contributed by atoms with Gasteiger partial charge in [-0.3, -0.25) is 9.35 Å². The van der Waals surface area contributed by atoms with Crippen LogP contribution in [0, 0.1) is 0 Å². The van der Waals surface area contributed by atoms with Crippen LogP contribution >= 0.6 is 10.8 Å². The molecule has 0 saturated carbocycles. The fraction of sp³-hybridized carbons (Fsp3) is 0.750. The zero-order valence-corrected chi connectivity index (χ0v) is 7.82. The van der Waals surface area contributed by atoms with E-state index in [2.05, 4.69) is 5.32 Å². The van der Waals surface area contributed by atoms with Crippen molar-refractivity contribution in [1.29, 1.82) is 0 Å². The van der Waals surface area contributed by atoms with E-state index in [1.807, 2.05) is 0 Å². The predicted molar refractivity (Wildman–Crippen MR) is 46.1 cm³/mol. The molecule has 0 aromatic heterocycles. The molecule has 0 aliphatic carbocycles. The normalized spacial score (nSPS) is 11.2. The molecular formula is C4H10N2O4S2. The van der Waals surface area contributed by atoms with Gasteiger partial charge in [0.15, 0.2) is 0 Å². The molecule has 0 aliphatic rings. The van der Waals surface area contributed by atoms with Crippen molar-refractivity contribution in [2.75, 3.05) is 18.8 Å². The highest BCUT2D eigenvalue weighted by Crippen LogP contribution is 2.06. The third-order valence-corrected chi connectivity index (χ3v) is 2.90. The Kier molecular flexibility index (Phi) is 5.22. The van der Waals surface area contributed by atoms with E-state index in [0.717, 1.165) is 0 Å². The van der Waals surface area contributed by atoms with Crippen LogP contribution in [0.3, 0.4) is 0 Å². The van der Waals surface area contributed by atoms with Crippen LogP contribution in [0.4, 0.5) is 0 Å². The minimum absolute atomic E-state index is 0.102. The summed E-state index contributed by atoms with van der Waals surface area (Å²) >= 11 is 0. The van der Waals surface area contributed by atoms with E-state index in [1.165, 1.54) is 0 Å². The largest absolute Gasteiger partial charge is 0.354 e. The van der Waals surface area contributed by atoms with Crippen LogP contribution in [0.15, 0.2) is 0 Å². The van der Waals surface area contributed by atoms with Crippen molar-refractivity contribution < 1.29 is 17.8 Å². The van der Waals surface area contributed by atoms with Crippen molar-refractivity contribution in [1.82, 2.24) is 5.32 Å². The molecule has 8 heteroatoms. The summed E-state index contributed by atoms with van der Waals surface area (Å²) in [6, 6.07) is 0. The standard InChI is InChI=1S/C4H10N2O4S2/c5-3-4(7)6-1-2-11-12(8,9)10/h1-3,5H2,(H,6,7)(H,8,9,10). The first-order valence-corrected chi connectivity index (χ1v) is 5.98. The molecule has 1 amide bonds. The first-order chi connectivity index (χ1) is 5.45. The highest BCUT2D eigenvalue weighted by Gasteiger charge is 2.04. The quantitative estimate of drug-likeness (QED) is 0.295. The Morgan fingerprint density at radius 1 is 1.58 bits per heavy atom. The first-order valence-electron chi connectivity index (χ1n) is 3.04. The summed E-state index contributed by atoms with van der Waals surface area (Å²) in [7, 11) is -3.64. The topological polar surface area (TPSA) is 109 Å². The van der Waals surface area contributed by atoms with Crippen molar-refractivity contribution in [3.8, 4) is 0 Å². The Balaban J connectivity index is 3.40. The van der Waals surface area contributed by atoms with E-state index >= 15 is 0 Å². The van der Waals surface area contributed by atoms with E-state index in [4.69, 9.17) is 10.3 Å². The molecule has 0 fully saturated rings. The van der Waals surface area contributed by atoms with Gasteiger partial charge in [-0.05, 0) is 10.8 Å². The summed E-state index contributed by atoms with van der Waals surface area (Å²) in [6.07, 6.45) is 0. The molecule has 0 aromatic carbocycles. The molecule has 0 aliphatic heterocycles. The minimum atomic E-state index is -3.99. The van der Waals surface area contributed by atoms with E-state index in [0.29, 0.717) is 10.8 Å². The number of carbonyl (C=O) groups is 1. The van der Waals surface area contributed by atoms with Gasteiger partial charge in [-0.1, -0.05) is 0 Å². The Bertz CT molecular complexity index is 237. The van der Waals surface area contributed by atoms with Gasteiger partial charge in [0.05, 0.1) is 6.54 Å². The van der Waals surface area contributed by atoms with Gasteiger partial charge >= 0.3 is 9.15 Å². The van der Waals surface area contributed by atoms with Crippen molar-refractivity contribution in [3.63, 3.8) is 0 Å². The fourth-order valence-corrected chi connectivity index (χ4v) is 1.69. The van der Waals surface area contributed by atoms with E-state index in [9.17, 15) is 13.2 Å². The van der Waals surface area contributed by atoms with E-state index in [1.54, 1.807) is 0 Å². The van der Waals surface area contributed by atoms with Gasteiger partial charge in [0.1, 0.15) is 0 Å². The lowest BCUT2D eigenvalue weighted by atomic mass is 10.6. The summed E-state index contributed by atoms with van der Waals surface area (Å²) in [6.45, 7) is 0.0387. The van der Waals surface area contributed by atoms with Gasteiger partial charge in [-0.15, -0.1) is 0 Å². The average Bonchev–Trinajstić information content (AvgIpc) is 1.96. The molecule has 0 aromatic rings. The molecule has 6 nitrogen and oxygen atoms in total. The summed E-state index contributed by atoms with van der Waals surface area (Å²) in [4.78, 5) is 10.5. The monoisotopic (exact) mass is 214 g/mol. The number of hydrogen-bond acceptors (Lipinski definition) is 5. The van der Waals surface area contributed by atoms with Crippen LogP contribution in [-0.4, -0.2) is 37.7 Å². The molecule has 0 bridgehead atoms. The zero-order valence-electron chi connectivity index (χ0n) is 6.19. The van der Waals surface area contributed by atoms with Gasteiger partial charge in [0.2, 0.25) is 5.91 Å². The first kappa shape index (κ1) is 11.7. The van der Waals surface area contributed by atoms with Crippen molar-refractivity contribution in [2.45, 2.75) is 0 Å². The van der Waals surface area contributed by atoms with Gasteiger partial charge < -0.3 is 11.1 Å². The van der Waals surface area contributed by atoms with Gasteiger partial charge in [0, 0.05) is 12.3 Å². The van der Waals surface area contributed by atoms with Gasteiger partial charge in [0.25, 0.3) is 0 Å². The Morgan fingerprint density at radius 3 is 2.58 bits per heavy atom. The van der Waals surface area contributed by atoms with Crippen molar-refractivity contribution in [2.24, 2.45) is 5.73 Å². The number of carbonyl (C=O) groups excluding carboxylic acids is 1. The lowest BCUT2D eigenvalue weighted by Gasteiger charge is -2.00. The summed E-state index contributed by atoms with van der Waals surface area (Å²) < 4.78 is 28.5. The third kappa shape index (κ3) is 7.79. The van der Waals surface area contributed by atoms with Crippen molar-refractivity contribution in [3.05, 3.63) is 0 Å². The molecule has 0 radical (unpaired) electrons. The number of nitrogens with two attached hydrogens (primary N) is 1. The zero-order chi connectivity index (χ0) is 9.61. The molecule has 72 valence electrons. The second-order valence-electron chi connectivity index (χ2n) is 1.80. The summed E-state index contributed by atoms with van der Waals surface area (Å²) in [5.41, 5.74) is 4.95. The van der Waals surface area contributed by atoms with E-state index < -0.39 is 9.15 Å². The highest BCUT2D eigenvalue weighted by molar-refractivity contribution is 8.69. The molecule has 0 rings (SSSR count). The van der Waals surface area contributed by atoms with Crippen LogP contribution < -0.4 is 11.1 Å². The molecule has 4 N–H and O–H groups in total. The molecule has 0 heterocycles. The van der Waals surface area contributed by atoms with Crippen LogP contribution in [-0.2, 0) is 13.9 Å². The smallest absolute Gasteiger partial charge is 0.319 e. The molecule has 0 saturated heterocycles. The SMILES string of the molecule is NCC(=O)NCCSS(=O)(=O)O.